The minimum absolute atomic E-state index is 0. The van der Waals surface area contributed by atoms with Crippen LogP contribution in [0.1, 0.15) is 145 Å². The molecule has 0 spiro atoms. The quantitative estimate of drug-likeness (QED) is 0.369. The fourth-order valence-electron chi connectivity index (χ4n) is 8.95. The van der Waals surface area contributed by atoms with Crippen LogP contribution in [0.4, 0.5) is 0 Å². The normalized spacial score (nSPS) is 20.6. The van der Waals surface area contributed by atoms with E-state index in [2.05, 4.69) is 124 Å². The van der Waals surface area contributed by atoms with E-state index in [1.165, 1.54) is 60.8 Å². The third-order valence-electron chi connectivity index (χ3n) is 11.1. The number of hydrogen-bond acceptors (Lipinski definition) is 0. The smallest absolute Gasteiger partial charge is 1.00 e. The third-order valence-corrected chi connectivity index (χ3v) is 19.8. The van der Waals surface area contributed by atoms with E-state index >= 15 is 0 Å². The summed E-state index contributed by atoms with van der Waals surface area (Å²) in [5, 5.41) is 0. The Morgan fingerprint density at radius 3 is 1.51 bits per heavy atom. The van der Waals surface area contributed by atoms with E-state index in [0.29, 0.717) is 3.63 Å². The minimum atomic E-state index is -2.26. The first-order valence-corrected chi connectivity index (χ1v) is 20.9. The first-order valence-electron chi connectivity index (χ1n) is 17.0. The maximum Gasteiger partial charge on any atom is -1.00 e. The molecule has 3 heteroatoms. The topological polar surface area (TPSA) is 0 Å². The van der Waals surface area contributed by atoms with Crippen molar-refractivity contribution in [1.82, 2.24) is 0 Å². The van der Waals surface area contributed by atoms with Gasteiger partial charge in [-0.3, -0.25) is 0 Å². The van der Waals surface area contributed by atoms with Crippen molar-refractivity contribution in [3.8, 4) is 11.1 Å². The van der Waals surface area contributed by atoms with Gasteiger partial charge in [-0.1, -0.05) is 0 Å². The van der Waals surface area contributed by atoms with Gasteiger partial charge < -0.3 is 24.8 Å². The number of fused-ring (bicyclic) bond motifs is 5. The fraction of sp³-hybridized carbons (Fsp3) is 0.500. The predicted octanol–water partition coefficient (Wildman–Crippen LogP) is 5.80. The molecule has 2 aromatic rings. The Kier molecular flexibility index (Phi) is 9.12. The number of allylic oxidation sites excluding steroid dienone is 8. The SMILES string of the molecule is CC(C)(C)C1=CC(C)(C)c2cc3c(cc21)-c1cc2c(cc1[CH]3[Zr+2]([C]1=CC=CC1)=[C]1CCCCC1)C(C)(C)C=C2C(C)(C)C.[Cl-].[Cl-]. The molecule has 1 fully saturated rings. The molecular weight excluding hydrogens is 667 g/mol. The van der Waals surface area contributed by atoms with E-state index in [1.807, 2.05) is 6.49 Å². The van der Waals surface area contributed by atoms with Gasteiger partial charge in [-0.2, -0.15) is 0 Å². The first-order chi connectivity index (χ1) is 20.1. The van der Waals surface area contributed by atoms with Crippen LogP contribution in [-0.4, -0.2) is 3.21 Å². The molecule has 0 heterocycles. The number of rotatable bonds is 2. The van der Waals surface area contributed by atoms with Crippen molar-refractivity contribution in [3.05, 3.63) is 91.3 Å². The summed E-state index contributed by atoms with van der Waals surface area (Å²) in [4.78, 5) is 0. The summed E-state index contributed by atoms with van der Waals surface area (Å²) in [5.41, 5.74) is 16.0. The van der Waals surface area contributed by atoms with Gasteiger partial charge in [0.2, 0.25) is 0 Å². The molecule has 2 aromatic carbocycles. The molecule has 0 atom stereocenters. The van der Waals surface area contributed by atoms with Crippen molar-refractivity contribution in [2.24, 2.45) is 10.8 Å². The summed E-state index contributed by atoms with van der Waals surface area (Å²) in [7, 11) is 0. The van der Waals surface area contributed by atoms with E-state index < -0.39 is 21.3 Å². The molecule has 0 amide bonds. The molecule has 0 aliphatic heterocycles. The van der Waals surface area contributed by atoms with E-state index in [-0.39, 0.29) is 46.5 Å². The Labute approximate surface area is 293 Å². The summed E-state index contributed by atoms with van der Waals surface area (Å²) in [6, 6.07) is 10.8. The van der Waals surface area contributed by atoms with Gasteiger partial charge in [0.15, 0.2) is 0 Å². The van der Waals surface area contributed by atoms with Crippen molar-refractivity contribution in [1.29, 1.82) is 0 Å². The molecule has 0 bridgehead atoms. The predicted molar refractivity (Wildman–Crippen MR) is 185 cm³/mol. The monoisotopic (exact) mass is 716 g/mol. The van der Waals surface area contributed by atoms with E-state index in [1.54, 1.807) is 33.4 Å². The van der Waals surface area contributed by atoms with Crippen LogP contribution < -0.4 is 24.8 Å². The zero-order valence-corrected chi connectivity index (χ0v) is 33.2. The minimum Gasteiger partial charge on any atom is -1.00 e. The maximum absolute atomic E-state index is 2.73. The molecule has 0 radical (unpaired) electrons. The molecule has 0 unspecified atom stereocenters. The van der Waals surface area contributed by atoms with Crippen LogP contribution in [0, 0.1) is 10.8 Å². The number of hydrogen-bond donors (Lipinski definition) is 0. The van der Waals surface area contributed by atoms with Crippen LogP contribution in [-0.2, 0) is 32.1 Å². The second-order valence-electron chi connectivity index (χ2n) is 17.4. The van der Waals surface area contributed by atoms with Gasteiger partial charge in [0.05, 0.1) is 0 Å². The summed E-state index contributed by atoms with van der Waals surface area (Å²) in [6.07, 6.45) is 20.7. The zero-order chi connectivity index (χ0) is 30.7. The van der Waals surface area contributed by atoms with Gasteiger partial charge in [0.1, 0.15) is 0 Å². The van der Waals surface area contributed by atoms with Gasteiger partial charge in [-0.05, 0) is 0 Å². The molecule has 0 nitrogen and oxygen atoms in total. The van der Waals surface area contributed by atoms with E-state index in [4.69, 9.17) is 0 Å². The molecule has 1 saturated carbocycles. The molecule has 0 aromatic heterocycles. The fourth-order valence-corrected chi connectivity index (χ4v) is 18.4. The van der Waals surface area contributed by atoms with Crippen molar-refractivity contribution in [3.63, 3.8) is 0 Å². The molecule has 7 rings (SSSR count). The Morgan fingerprint density at radius 1 is 0.644 bits per heavy atom. The number of benzene rings is 2. The molecule has 0 saturated heterocycles. The van der Waals surface area contributed by atoms with Crippen molar-refractivity contribution < 1.29 is 46.1 Å². The summed E-state index contributed by atoms with van der Waals surface area (Å²) >= 11 is -2.26. The Balaban J connectivity index is 0.00000200. The number of halogens is 2. The van der Waals surface area contributed by atoms with Crippen LogP contribution >= 0.6 is 0 Å². The molecular formula is C42H52Cl2Zr. The largest absolute Gasteiger partial charge is 1.00 e. The average Bonchev–Trinajstić information content (AvgIpc) is 3.67. The second-order valence-corrected chi connectivity index (χ2v) is 24.1. The van der Waals surface area contributed by atoms with Gasteiger partial charge in [-0.15, -0.1) is 0 Å². The molecule has 0 N–H and O–H groups in total. The van der Waals surface area contributed by atoms with Gasteiger partial charge in [0.25, 0.3) is 0 Å². The summed E-state index contributed by atoms with van der Waals surface area (Å²) in [5.74, 6) is 0. The maximum atomic E-state index is 2.73. The summed E-state index contributed by atoms with van der Waals surface area (Å²) in [6.45, 7) is 24.2. The van der Waals surface area contributed by atoms with Crippen LogP contribution in [0.5, 0.6) is 0 Å². The van der Waals surface area contributed by atoms with Crippen LogP contribution in [0.25, 0.3) is 22.3 Å². The van der Waals surface area contributed by atoms with Crippen LogP contribution in [0.15, 0.2) is 57.9 Å². The molecule has 45 heavy (non-hydrogen) atoms. The molecule has 5 aliphatic carbocycles. The van der Waals surface area contributed by atoms with E-state index in [0.717, 1.165) is 0 Å². The summed E-state index contributed by atoms with van der Waals surface area (Å²) < 4.78 is 4.43. The average molecular weight is 719 g/mol. The molecule has 5 aliphatic rings. The third kappa shape index (κ3) is 5.68. The second kappa shape index (κ2) is 11.7. The van der Waals surface area contributed by atoms with Gasteiger partial charge >= 0.3 is 271 Å². The Bertz CT molecular complexity index is 1620. The van der Waals surface area contributed by atoms with Crippen LogP contribution in [0.2, 0.25) is 0 Å². The Hall–Kier alpha value is -1.27. The Morgan fingerprint density at radius 2 is 1.11 bits per heavy atom. The van der Waals surface area contributed by atoms with Gasteiger partial charge in [0, 0.05) is 0 Å². The molecule has 238 valence electrons. The van der Waals surface area contributed by atoms with Crippen molar-refractivity contribution >= 4 is 14.4 Å². The standard InChI is InChI=1S/C31H37.C6H10.C5H5.2ClH.Zr/c1-28(2,3)26-16-30(7,8)24-12-18-11-19-13-25-23(15-21(19)20(18)14-22(24)26)27(29(4,5)6)17-31(25,9)10;1-2-4-6-5-3-1;1-2-4-5-3-1;;;/h11-17H,1-10H3;1-5H2;1-3H,4H2;2*1H;/q;;;;;+2/p-2. The van der Waals surface area contributed by atoms with E-state index in [9.17, 15) is 0 Å². The van der Waals surface area contributed by atoms with Crippen LogP contribution in [0.3, 0.4) is 0 Å². The van der Waals surface area contributed by atoms with Gasteiger partial charge in [-0.25, -0.2) is 0 Å². The van der Waals surface area contributed by atoms with Crippen molar-refractivity contribution in [2.45, 2.75) is 122 Å². The first kappa shape index (κ1) is 35.1. The zero-order valence-electron chi connectivity index (χ0n) is 29.3. The van der Waals surface area contributed by atoms with Crippen molar-refractivity contribution in [2.75, 3.05) is 0 Å².